The van der Waals surface area contributed by atoms with Crippen LogP contribution in [0.1, 0.15) is 39.0 Å². The van der Waals surface area contributed by atoms with Crippen molar-refractivity contribution < 1.29 is 13.2 Å². The van der Waals surface area contributed by atoms with Crippen LogP contribution in [-0.2, 0) is 16.4 Å². The quantitative estimate of drug-likeness (QED) is 0.634. The van der Waals surface area contributed by atoms with Gasteiger partial charge in [-0.05, 0) is 50.5 Å². The minimum Gasteiger partial charge on any atom is -0.321 e. The number of aromatic nitrogens is 1. The zero-order valence-electron chi connectivity index (χ0n) is 16.7. The molecule has 1 amide bonds. The number of nitrogens with zero attached hydrogens (tertiary/aromatic N) is 1. The first-order valence-corrected chi connectivity index (χ1v) is 11.5. The molecule has 3 aromatic rings. The summed E-state index contributed by atoms with van der Waals surface area (Å²) < 4.78 is 23.7. The Morgan fingerprint density at radius 1 is 1.14 bits per heavy atom. The van der Waals surface area contributed by atoms with Crippen LogP contribution in [0.3, 0.4) is 0 Å². The van der Waals surface area contributed by atoms with Gasteiger partial charge in [0.25, 0.3) is 5.91 Å². The van der Waals surface area contributed by atoms with Gasteiger partial charge in [0.1, 0.15) is 9.88 Å². The second kappa shape index (κ2) is 8.06. The summed E-state index contributed by atoms with van der Waals surface area (Å²) in [6.45, 7) is 7.68. The number of amides is 1. The van der Waals surface area contributed by atoms with Crippen molar-refractivity contribution in [2.24, 2.45) is 5.14 Å². The Hall–Kier alpha value is -2.55. The third-order valence-corrected chi connectivity index (χ3v) is 6.81. The van der Waals surface area contributed by atoms with Gasteiger partial charge in [0.15, 0.2) is 0 Å². The zero-order valence-corrected chi connectivity index (χ0v) is 18.4. The van der Waals surface area contributed by atoms with Crippen molar-refractivity contribution in [2.45, 2.75) is 39.0 Å². The van der Waals surface area contributed by atoms with Gasteiger partial charge in [0, 0.05) is 11.3 Å². The molecule has 8 heteroatoms. The molecule has 6 nitrogen and oxygen atoms in total. The van der Waals surface area contributed by atoms with Gasteiger partial charge in [0.2, 0.25) is 10.0 Å². The molecule has 2 aromatic carbocycles. The predicted molar refractivity (Wildman–Crippen MR) is 117 cm³/mol. The van der Waals surface area contributed by atoms with Gasteiger partial charge in [-0.3, -0.25) is 4.79 Å². The number of benzene rings is 2. The topological polar surface area (TPSA) is 102 Å². The fraction of sp³-hybridized carbons (Fsp3) is 0.238. The maximum Gasteiger partial charge on any atom is 0.267 e. The number of carbonyl (C=O) groups excluding carboxylic acids is 1. The van der Waals surface area contributed by atoms with Crippen molar-refractivity contribution in [2.75, 3.05) is 5.32 Å². The number of carbonyl (C=O) groups is 1. The van der Waals surface area contributed by atoms with E-state index in [1.54, 1.807) is 19.1 Å². The first kappa shape index (κ1) is 21.2. The van der Waals surface area contributed by atoms with Crippen molar-refractivity contribution in [3.05, 3.63) is 63.7 Å². The van der Waals surface area contributed by atoms with Crippen LogP contribution >= 0.6 is 11.3 Å². The molecular formula is C21H23N3O3S2. The molecule has 0 atom stereocenters. The van der Waals surface area contributed by atoms with E-state index in [0.29, 0.717) is 28.2 Å². The molecule has 1 aromatic heterocycles. The van der Waals surface area contributed by atoms with E-state index < -0.39 is 10.0 Å². The number of primary sulfonamides is 1. The van der Waals surface area contributed by atoms with Gasteiger partial charge >= 0.3 is 0 Å². The Labute approximate surface area is 174 Å². The second-order valence-electron chi connectivity index (χ2n) is 6.93. The summed E-state index contributed by atoms with van der Waals surface area (Å²) in [4.78, 5) is 17.9. The molecule has 3 rings (SSSR count). The van der Waals surface area contributed by atoms with E-state index in [4.69, 9.17) is 5.14 Å². The molecular weight excluding hydrogens is 406 g/mol. The van der Waals surface area contributed by atoms with E-state index >= 15 is 0 Å². The molecule has 0 aliphatic rings. The minimum atomic E-state index is -3.88. The monoisotopic (exact) mass is 429 g/mol. The summed E-state index contributed by atoms with van der Waals surface area (Å²) in [5.74, 6) is -0.333. The fourth-order valence-electron chi connectivity index (χ4n) is 3.15. The molecule has 0 aliphatic heterocycles. The predicted octanol–water partition coefficient (Wildman–Crippen LogP) is 4.20. The van der Waals surface area contributed by atoms with Crippen molar-refractivity contribution in [3.8, 4) is 10.6 Å². The number of nitrogens with one attached hydrogen (secondary N) is 1. The van der Waals surface area contributed by atoms with E-state index in [9.17, 15) is 13.2 Å². The zero-order chi connectivity index (χ0) is 21.3. The minimum absolute atomic E-state index is 0.0230. The van der Waals surface area contributed by atoms with E-state index in [-0.39, 0.29) is 10.8 Å². The summed E-state index contributed by atoms with van der Waals surface area (Å²) in [6, 6.07) is 10.8. The molecule has 0 spiro atoms. The van der Waals surface area contributed by atoms with E-state index in [2.05, 4.69) is 16.4 Å². The third-order valence-electron chi connectivity index (χ3n) is 4.63. The molecule has 3 N–H and O–H groups in total. The molecule has 0 radical (unpaired) electrons. The van der Waals surface area contributed by atoms with Gasteiger partial charge in [-0.1, -0.05) is 36.8 Å². The number of sulfonamides is 1. The highest BCUT2D eigenvalue weighted by atomic mass is 32.2. The smallest absolute Gasteiger partial charge is 0.267 e. The molecule has 0 saturated carbocycles. The molecule has 152 valence electrons. The maximum absolute atomic E-state index is 12.8. The molecule has 0 saturated heterocycles. The fourth-order valence-corrected chi connectivity index (χ4v) is 5.07. The molecule has 29 heavy (non-hydrogen) atoms. The number of rotatable bonds is 5. The average Bonchev–Trinajstić information content (AvgIpc) is 3.02. The first-order chi connectivity index (χ1) is 13.6. The highest BCUT2D eigenvalue weighted by Gasteiger charge is 2.19. The number of anilines is 1. The first-order valence-electron chi connectivity index (χ1n) is 9.12. The number of aryl methyl sites for hydroxylation is 4. The van der Waals surface area contributed by atoms with Gasteiger partial charge in [-0.15, -0.1) is 11.3 Å². The normalized spacial score (nSPS) is 11.5. The van der Waals surface area contributed by atoms with Crippen LogP contribution in [0, 0.1) is 20.8 Å². The Morgan fingerprint density at radius 2 is 1.86 bits per heavy atom. The van der Waals surface area contributed by atoms with Crippen LogP contribution in [0.25, 0.3) is 10.6 Å². The highest BCUT2D eigenvalue weighted by molar-refractivity contribution is 7.89. The van der Waals surface area contributed by atoms with Crippen molar-refractivity contribution in [3.63, 3.8) is 0 Å². The van der Waals surface area contributed by atoms with Crippen LogP contribution in [-0.4, -0.2) is 19.3 Å². The Kier molecular flexibility index (Phi) is 5.88. The van der Waals surface area contributed by atoms with Crippen molar-refractivity contribution in [1.82, 2.24) is 4.98 Å². The standard InChI is InChI=1S/C21H23N3O3S2/c1-5-15-7-8-16(11-18(15)29(22,26)27)24-20(25)19-14(4)23-21(28-19)17-9-6-12(2)10-13(17)3/h6-11H,5H2,1-4H3,(H,24,25)(H2,22,26,27). The van der Waals surface area contributed by atoms with Gasteiger partial charge in [-0.25, -0.2) is 18.5 Å². The van der Waals surface area contributed by atoms with Gasteiger partial charge in [0.05, 0.1) is 10.6 Å². The molecule has 0 unspecified atom stereocenters. The van der Waals surface area contributed by atoms with Gasteiger partial charge < -0.3 is 5.32 Å². The van der Waals surface area contributed by atoms with Crippen molar-refractivity contribution in [1.29, 1.82) is 0 Å². The number of hydrogen-bond acceptors (Lipinski definition) is 5. The van der Waals surface area contributed by atoms with Crippen LogP contribution in [0.5, 0.6) is 0 Å². The molecule has 1 heterocycles. The molecule has 0 fully saturated rings. The lowest BCUT2D eigenvalue weighted by molar-refractivity contribution is 0.102. The summed E-state index contributed by atoms with van der Waals surface area (Å²) in [5, 5.41) is 8.85. The lowest BCUT2D eigenvalue weighted by atomic mass is 10.1. The Morgan fingerprint density at radius 3 is 2.48 bits per heavy atom. The van der Waals surface area contributed by atoms with Crippen LogP contribution in [0.4, 0.5) is 5.69 Å². The highest BCUT2D eigenvalue weighted by Crippen LogP contribution is 2.31. The second-order valence-corrected chi connectivity index (χ2v) is 9.46. The van der Waals surface area contributed by atoms with E-state index in [1.165, 1.54) is 23.0 Å². The van der Waals surface area contributed by atoms with Crippen LogP contribution in [0.15, 0.2) is 41.3 Å². The number of hydrogen-bond donors (Lipinski definition) is 2. The third kappa shape index (κ3) is 4.55. The summed E-state index contributed by atoms with van der Waals surface area (Å²) in [6.07, 6.45) is 0.521. The van der Waals surface area contributed by atoms with Crippen LogP contribution < -0.4 is 10.5 Å². The maximum atomic E-state index is 12.8. The Bertz CT molecular complexity index is 1200. The van der Waals surface area contributed by atoms with Gasteiger partial charge in [-0.2, -0.15) is 0 Å². The summed E-state index contributed by atoms with van der Waals surface area (Å²) in [5.41, 5.74) is 4.86. The lowest BCUT2D eigenvalue weighted by Gasteiger charge is -2.10. The summed E-state index contributed by atoms with van der Waals surface area (Å²) in [7, 11) is -3.88. The number of thiazole rings is 1. The molecule has 0 aliphatic carbocycles. The van der Waals surface area contributed by atoms with Crippen molar-refractivity contribution >= 4 is 33.0 Å². The van der Waals surface area contributed by atoms with E-state index in [1.807, 2.05) is 32.9 Å². The molecule has 0 bridgehead atoms. The average molecular weight is 430 g/mol. The lowest BCUT2D eigenvalue weighted by Crippen LogP contribution is -2.16. The Balaban J connectivity index is 1.92. The SMILES string of the molecule is CCc1ccc(NC(=O)c2sc(-c3ccc(C)cc3C)nc2C)cc1S(N)(=O)=O. The van der Waals surface area contributed by atoms with E-state index in [0.717, 1.165) is 16.1 Å². The number of nitrogens with two attached hydrogens (primary N) is 1. The van der Waals surface area contributed by atoms with Crippen LogP contribution in [0.2, 0.25) is 0 Å². The largest absolute Gasteiger partial charge is 0.321 e. The summed E-state index contributed by atoms with van der Waals surface area (Å²) >= 11 is 1.31.